The highest BCUT2D eigenvalue weighted by atomic mass is 35.5. The van der Waals surface area contributed by atoms with Crippen LogP contribution in [-0.4, -0.2) is 54.8 Å². The van der Waals surface area contributed by atoms with E-state index in [1.54, 1.807) is 4.72 Å². The van der Waals surface area contributed by atoms with E-state index in [0.717, 1.165) is 0 Å². The van der Waals surface area contributed by atoms with Crippen molar-refractivity contribution in [2.45, 2.75) is 12.3 Å². The number of carbonyl (C=O) groups is 1. The van der Waals surface area contributed by atoms with Crippen LogP contribution < -0.4 is 19.5 Å². The number of ether oxygens (including phenoxy) is 2. The average Bonchev–Trinajstić information content (AvgIpc) is 2.35. The van der Waals surface area contributed by atoms with Crippen molar-refractivity contribution in [1.82, 2.24) is 19.7 Å². The lowest BCUT2D eigenvalue weighted by molar-refractivity contribution is 0.256. The lowest BCUT2D eigenvalue weighted by Crippen LogP contribution is -2.37. The Labute approximate surface area is 126 Å². The lowest BCUT2D eigenvalue weighted by Gasteiger charge is -2.09. The Morgan fingerprint density at radius 3 is 2.19 bits per heavy atom. The summed E-state index contributed by atoms with van der Waals surface area (Å²) in [5, 5.41) is 1.48. The minimum Gasteiger partial charge on any atom is -0.467 e. The molecule has 2 N–H and O–H groups in total. The first-order valence-electron chi connectivity index (χ1n) is 5.55. The molecule has 0 aliphatic rings. The van der Waals surface area contributed by atoms with Crippen LogP contribution in [0.5, 0.6) is 12.0 Å². The van der Waals surface area contributed by atoms with Crippen LogP contribution >= 0.6 is 11.6 Å². The van der Waals surface area contributed by atoms with Crippen LogP contribution in [0.2, 0.25) is 0 Å². The SMILES string of the molecule is COc1nc(NC(=O)NS(=O)(=O)CC(C)Cl)nc(OC)n1. The van der Waals surface area contributed by atoms with Gasteiger partial charge in [-0.05, 0) is 6.92 Å². The molecule has 0 aliphatic heterocycles. The van der Waals surface area contributed by atoms with E-state index in [9.17, 15) is 13.2 Å². The third-order valence-electron chi connectivity index (χ3n) is 1.88. The molecule has 12 heteroatoms. The molecule has 2 amide bonds. The number of hydrogen-bond donors (Lipinski definition) is 2. The van der Waals surface area contributed by atoms with Crippen molar-refractivity contribution in [3.63, 3.8) is 0 Å². The largest absolute Gasteiger partial charge is 0.467 e. The second-order valence-electron chi connectivity index (χ2n) is 3.75. The van der Waals surface area contributed by atoms with Crippen LogP contribution in [0.1, 0.15) is 6.92 Å². The van der Waals surface area contributed by atoms with Gasteiger partial charge < -0.3 is 9.47 Å². The Morgan fingerprint density at radius 1 is 1.24 bits per heavy atom. The molecule has 21 heavy (non-hydrogen) atoms. The van der Waals surface area contributed by atoms with Gasteiger partial charge >= 0.3 is 18.1 Å². The molecule has 1 aromatic rings. The smallest absolute Gasteiger partial charge is 0.335 e. The summed E-state index contributed by atoms with van der Waals surface area (Å²) in [4.78, 5) is 22.7. The second-order valence-corrected chi connectivity index (χ2v) is 6.26. The normalized spacial score (nSPS) is 12.4. The molecule has 10 nitrogen and oxygen atoms in total. The van der Waals surface area contributed by atoms with Crippen molar-refractivity contribution in [2.75, 3.05) is 25.3 Å². The van der Waals surface area contributed by atoms with E-state index < -0.39 is 27.2 Å². The molecule has 0 aromatic carbocycles. The third-order valence-corrected chi connectivity index (χ3v) is 3.65. The molecule has 1 rings (SSSR count). The molecule has 0 spiro atoms. The Kier molecular flexibility index (Phi) is 5.90. The topological polar surface area (TPSA) is 132 Å². The first-order valence-corrected chi connectivity index (χ1v) is 7.64. The van der Waals surface area contributed by atoms with Crippen molar-refractivity contribution >= 4 is 33.6 Å². The van der Waals surface area contributed by atoms with E-state index in [1.165, 1.54) is 21.1 Å². The van der Waals surface area contributed by atoms with Gasteiger partial charge in [-0.15, -0.1) is 16.6 Å². The van der Waals surface area contributed by atoms with Gasteiger partial charge in [0, 0.05) is 5.38 Å². The summed E-state index contributed by atoms with van der Waals surface area (Å²) in [6, 6.07) is -1.24. The molecule has 1 heterocycles. The molecule has 0 fully saturated rings. The van der Waals surface area contributed by atoms with E-state index >= 15 is 0 Å². The fraction of sp³-hybridized carbons (Fsp3) is 0.556. The summed E-state index contributed by atoms with van der Waals surface area (Å²) in [6.45, 7) is 1.49. The fourth-order valence-electron chi connectivity index (χ4n) is 1.19. The molecule has 1 atom stereocenters. The quantitative estimate of drug-likeness (QED) is 0.690. The standard InChI is InChI=1S/C9H14ClN5O5S/c1-5(10)4-21(17,18)15-7(16)11-6-12-8(19-2)14-9(13-6)20-3/h5H,4H2,1-3H3,(H2,11,12,13,14,15,16). The highest BCUT2D eigenvalue weighted by Gasteiger charge is 2.18. The maximum Gasteiger partial charge on any atom is 0.335 e. The number of hydrogen-bond acceptors (Lipinski definition) is 8. The zero-order chi connectivity index (χ0) is 16.0. The van der Waals surface area contributed by atoms with Crippen LogP contribution in [0.25, 0.3) is 0 Å². The van der Waals surface area contributed by atoms with Crippen molar-refractivity contribution in [3.8, 4) is 12.0 Å². The molecule has 1 aromatic heterocycles. The summed E-state index contributed by atoms with van der Waals surface area (Å²) in [7, 11) is -1.24. The van der Waals surface area contributed by atoms with Crippen molar-refractivity contribution in [2.24, 2.45) is 0 Å². The number of amides is 2. The van der Waals surface area contributed by atoms with Crippen LogP contribution in [0, 0.1) is 0 Å². The first-order chi connectivity index (χ1) is 9.75. The summed E-state index contributed by atoms with van der Waals surface area (Å²) in [5.74, 6) is -0.642. The minimum absolute atomic E-state index is 0.102. The third kappa shape index (κ3) is 5.95. The highest BCUT2D eigenvalue weighted by molar-refractivity contribution is 7.90. The number of rotatable bonds is 6. The lowest BCUT2D eigenvalue weighted by atomic mass is 10.6. The van der Waals surface area contributed by atoms with Gasteiger partial charge in [-0.25, -0.2) is 17.9 Å². The van der Waals surface area contributed by atoms with E-state index in [2.05, 4.69) is 20.3 Å². The summed E-state index contributed by atoms with van der Waals surface area (Å²) >= 11 is 5.57. The van der Waals surface area contributed by atoms with E-state index in [-0.39, 0.29) is 18.0 Å². The van der Waals surface area contributed by atoms with Gasteiger partial charge in [-0.1, -0.05) is 0 Å². The van der Waals surface area contributed by atoms with Crippen LogP contribution in [0.3, 0.4) is 0 Å². The van der Waals surface area contributed by atoms with Gasteiger partial charge in [0.1, 0.15) is 0 Å². The zero-order valence-corrected chi connectivity index (χ0v) is 13.0. The number of nitrogens with one attached hydrogen (secondary N) is 2. The maximum absolute atomic E-state index is 11.6. The van der Waals surface area contributed by atoms with Gasteiger partial charge in [0.05, 0.1) is 20.0 Å². The number of methoxy groups -OCH3 is 2. The molecule has 0 saturated heterocycles. The Bertz CT molecular complexity index is 586. The maximum atomic E-state index is 11.6. The van der Waals surface area contributed by atoms with Gasteiger partial charge in [0.2, 0.25) is 16.0 Å². The molecule has 0 radical (unpaired) electrons. The molecule has 0 bridgehead atoms. The summed E-state index contributed by atoms with van der Waals surface area (Å²) < 4.78 is 34.4. The van der Waals surface area contributed by atoms with Gasteiger partial charge in [-0.2, -0.15) is 9.97 Å². The van der Waals surface area contributed by atoms with E-state index in [4.69, 9.17) is 21.1 Å². The Hall–Kier alpha value is -1.88. The van der Waals surface area contributed by atoms with E-state index in [0.29, 0.717) is 0 Å². The van der Waals surface area contributed by atoms with Gasteiger partial charge in [0.15, 0.2) is 0 Å². The van der Waals surface area contributed by atoms with E-state index in [1.807, 2.05) is 0 Å². The summed E-state index contributed by atoms with van der Waals surface area (Å²) in [5.41, 5.74) is 0. The molecule has 118 valence electrons. The predicted molar refractivity (Wildman–Crippen MR) is 74.2 cm³/mol. The molecular formula is C9H14ClN5O5S. The minimum atomic E-state index is -3.86. The summed E-state index contributed by atoms with van der Waals surface area (Å²) in [6.07, 6.45) is 0. The van der Waals surface area contributed by atoms with Crippen molar-refractivity contribution in [3.05, 3.63) is 0 Å². The van der Waals surface area contributed by atoms with Gasteiger partial charge in [0.25, 0.3) is 0 Å². The van der Waals surface area contributed by atoms with Crippen molar-refractivity contribution in [1.29, 1.82) is 0 Å². The number of nitrogens with zero attached hydrogens (tertiary/aromatic N) is 3. The Balaban J connectivity index is 2.79. The molecular weight excluding hydrogens is 326 g/mol. The number of sulfonamides is 1. The fourth-order valence-corrected chi connectivity index (χ4v) is 2.71. The number of alkyl halides is 1. The number of halogens is 1. The highest BCUT2D eigenvalue weighted by Crippen LogP contribution is 2.11. The number of urea groups is 1. The number of aromatic nitrogens is 3. The number of anilines is 1. The Morgan fingerprint density at radius 2 is 1.76 bits per heavy atom. The van der Waals surface area contributed by atoms with Crippen LogP contribution in [0.15, 0.2) is 0 Å². The van der Waals surface area contributed by atoms with Crippen molar-refractivity contribution < 1.29 is 22.7 Å². The average molecular weight is 340 g/mol. The number of carbonyl (C=O) groups excluding carboxylic acids is 1. The monoisotopic (exact) mass is 339 g/mol. The first kappa shape index (κ1) is 17.2. The molecule has 0 saturated carbocycles. The van der Waals surface area contributed by atoms with Crippen LogP contribution in [0.4, 0.5) is 10.7 Å². The van der Waals surface area contributed by atoms with Crippen LogP contribution in [-0.2, 0) is 10.0 Å². The molecule has 1 unspecified atom stereocenters. The van der Waals surface area contributed by atoms with Gasteiger partial charge in [-0.3, -0.25) is 5.32 Å². The predicted octanol–water partition coefficient (Wildman–Crippen LogP) is -0.0326. The molecule has 0 aliphatic carbocycles. The second kappa shape index (κ2) is 7.22. The zero-order valence-electron chi connectivity index (χ0n) is 11.5.